The summed E-state index contributed by atoms with van der Waals surface area (Å²) in [7, 11) is 2.62. The van der Waals surface area contributed by atoms with E-state index in [1.807, 2.05) is 0 Å². The Morgan fingerprint density at radius 1 is 1.78 bits per heavy atom. The van der Waals surface area contributed by atoms with Crippen LogP contribution in [-0.2, 0) is 4.79 Å². The van der Waals surface area contributed by atoms with Gasteiger partial charge in [0.25, 0.3) is 0 Å². The quantitative estimate of drug-likeness (QED) is 0.506. The number of carbonyl (C=O) groups is 1. The molecule has 1 aliphatic heterocycles. The molecule has 2 unspecified atom stereocenters. The summed E-state index contributed by atoms with van der Waals surface area (Å²) in [4.78, 5) is 10.8. The van der Waals surface area contributed by atoms with Gasteiger partial charge in [-0.15, -0.1) is 0 Å². The van der Waals surface area contributed by atoms with Crippen LogP contribution in [-0.4, -0.2) is 23.5 Å². The van der Waals surface area contributed by atoms with Crippen LogP contribution in [0.5, 0.6) is 0 Å². The second-order valence-corrected chi connectivity index (χ2v) is 3.32. The van der Waals surface area contributed by atoms with Crippen molar-refractivity contribution >= 4 is 15.2 Å². The molecule has 2 nitrogen and oxygen atoms in total. The first-order valence-electron chi connectivity index (χ1n) is 3.20. The summed E-state index contributed by atoms with van der Waals surface area (Å²) < 4.78 is 2.12. The Labute approximate surface area is 57.9 Å². The molecule has 1 aliphatic rings. The largest absolute Gasteiger partial charge is 0.300 e. The number of nitrogens with zero attached hydrogens (tertiary/aromatic N) is 1. The highest BCUT2D eigenvalue weighted by Crippen LogP contribution is 2.19. The van der Waals surface area contributed by atoms with Crippen molar-refractivity contribution in [2.24, 2.45) is 5.92 Å². The Bertz CT molecular complexity index is 126. The van der Waals surface area contributed by atoms with E-state index in [-0.39, 0.29) is 0 Å². The molecule has 0 aromatic heterocycles. The molecule has 0 aromatic carbocycles. The molecule has 52 valence electrons. The predicted molar refractivity (Wildman–Crippen MR) is 40.1 cm³/mol. The van der Waals surface area contributed by atoms with E-state index < -0.39 is 0 Å². The third kappa shape index (κ3) is 1.74. The lowest BCUT2D eigenvalue weighted by atomic mass is 10.1. The highest BCUT2D eigenvalue weighted by Gasteiger charge is 2.22. The molecule has 0 aromatic rings. The van der Waals surface area contributed by atoms with Crippen molar-refractivity contribution < 1.29 is 4.79 Å². The van der Waals surface area contributed by atoms with E-state index in [2.05, 4.69) is 14.1 Å². The molecule has 1 saturated heterocycles. The van der Waals surface area contributed by atoms with Gasteiger partial charge in [0.2, 0.25) is 0 Å². The molecule has 1 fully saturated rings. The van der Waals surface area contributed by atoms with Gasteiger partial charge in [0.15, 0.2) is 0 Å². The summed E-state index contributed by atoms with van der Waals surface area (Å²) in [6, 6.07) is 0. The van der Waals surface area contributed by atoms with Crippen LogP contribution < -0.4 is 0 Å². The van der Waals surface area contributed by atoms with Crippen molar-refractivity contribution in [1.82, 2.24) is 4.67 Å². The predicted octanol–water partition coefficient (Wildman–Crippen LogP) is 0.687. The van der Waals surface area contributed by atoms with E-state index >= 15 is 0 Å². The fraction of sp³-hybridized carbons (Fsp3) is 0.833. The molecule has 0 saturated carbocycles. The van der Waals surface area contributed by atoms with Gasteiger partial charge in [0.05, 0.1) is 0 Å². The molecule has 3 heteroatoms. The normalized spacial score (nSPS) is 28.9. The number of Topliss-reactive ketones (excluding diaryl/α,β-unsaturated/α-hetero) is 1. The first-order valence-corrected chi connectivity index (χ1v) is 3.72. The maximum atomic E-state index is 10.8. The zero-order chi connectivity index (χ0) is 6.85. The Morgan fingerprint density at radius 2 is 2.44 bits per heavy atom. The lowest BCUT2D eigenvalue weighted by Gasteiger charge is -2.04. The van der Waals surface area contributed by atoms with Gasteiger partial charge in [-0.25, -0.2) is 0 Å². The maximum Gasteiger partial charge on any atom is 0.134 e. The summed E-state index contributed by atoms with van der Waals surface area (Å²) >= 11 is 0. The van der Waals surface area contributed by atoms with Crippen LogP contribution in [0.1, 0.15) is 13.3 Å². The molecule has 2 atom stereocenters. The summed E-state index contributed by atoms with van der Waals surface area (Å²) in [5, 5.41) is 0. The average Bonchev–Trinajstić information content (AvgIpc) is 2.14. The van der Waals surface area contributed by atoms with Gasteiger partial charge in [-0.3, -0.25) is 9.46 Å². The number of rotatable bonds is 1. The van der Waals surface area contributed by atoms with Gasteiger partial charge in [-0.1, -0.05) is 9.39 Å². The Hall–Kier alpha value is 0.0600. The minimum Gasteiger partial charge on any atom is -0.300 e. The molecular weight excluding hydrogens is 133 g/mol. The summed E-state index contributed by atoms with van der Waals surface area (Å²) in [6.45, 7) is 3.66. The second kappa shape index (κ2) is 2.76. The van der Waals surface area contributed by atoms with Crippen LogP contribution in [0.15, 0.2) is 0 Å². The van der Waals surface area contributed by atoms with Crippen LogP contribution in [0.2, 0.25) is 0 Å². The number of hydrogen-bond donors (Lipinski definition) is 0. The molecule has 0 amide bonds. The molecule has 0 spiro atoms. The Balaban J connectivity index is 2.39. The highest BCUT2D eigenvalue weighted by molar-refractivity contribution is 7.13. The molecule has 1 heterocycles. The third-order valence-corrected chi connectivity index (χ3v) is 2.26. The molecule has 9 heavy (non-hydrogen) atoms. The standard InChI is InChI=1S/C6H12NOP/c1-5(8)6-2-3-7(9)4-6/h6H,2-4,9H2,1H3. The maximum absolute atomic E-state index is 10.8. The van der Waals surface area contributed by atoms with Gasteiger partial charge < -0.3 is 0 Å². The van der Waals surface area contributed by atoms with E-state index in [1.165, 1.54) is 0 Å². The van der Waals surface area contributed by atoms with Crippen LogP contribution in [0.3, 0.4) is 0 Å². The second-order valence-electron chi connectivity index (χ2n) is 2.59. The lowest BCUT2D eigenvalue weighted by Crippen LogP contribution is -2.13. The fourth-order valence-corrected chi connectivity index (χ4v) is 1.52. The van der Waals surface area contributed by atoms with Crippen molar-refractivity contribution in [3.63, 3.8) is 0 Å². The zero-order valence-electron chi connectivity index (χ0n) is 5.63. The van der Waals surface area contributed by atoms with Gasteiger partial charge in [-0.2, -0.15) is 0 Å². The molecule has 0 radical (unpaired) electrons. The molecule has 0 aliphatic carbocycles. The summed E-state index contributed by atoms with van der Waals surface area (Å²) in [6.07, 6.45) is 1.04. The minimum absolute atomic E-state index is 0.308. The highest BCUT2D eigenvalue weighted by atomic mass is 31.0. The van der Waals surface area contributed by atoms with Gasteiger partial charge in [0, 0.05) is 19.0 Å². The molecule has 0 bridgehead atoms. The molecule has 1 rings (SSSR count). The average molecular weight is 145 g/mol. The summed E-state index contributed by atoms with van der Waals surface area (Å²) in [5.41, 5.74) is 0. The van der Waals surface area contributed by atoms with Crippen molar-refractivity contribution in [2.75, 3.05) is 13.1 Å². The van der Waals surface area contributed by atoms with Crippen molar-refractivity contribution in [2.45, 2.75) is 13.3 Å². The van der Waals surface area contributed by atoms with E-state index in [1.54, 1.807) is 6.92 Å². The van der Waals surface area contributed by atoms with Gasteiger partial charge >= 0.3 is 0 Å². The van der Waals surface area contributed by atoms with E-state index in [0.717, 1.165) is 19.5 Å². The zero-order valence-corrected chi connectivity index (χ0v) is 6.79. The number of hydrogen-bond acceptors (Lipinski definition) is 2. The Kier molecular flexibility index (Phi) is 2.20. The minimum atomic E-state index is 0.308. The monoisotopic (exact) mass is 145 g/mol. The smallest absolute Gasteiger partial charge is 0.134 e. The first kappa shape index (κ1) is 7.17. The van der Waals surface area contributed by atoms with E-state index in [9.17, 15) is 4.79 Å². The number of carbonyl (C=O) groups excluding carboxylic acids is 1. The van der Waals surface area contributed by atoms with Gasteiger partial charge in [-0.05, 0) is 13.3 Å². The molecule has 0 N–H and O–H groups in total. The fourth-order valence-electron chi connectivity index (χ4n) is 1.12. The van der Waals surface area contributed by atoms with Gasteiger partial charge in [0.1, 0.15) is 5.78 Å². The van der Waals surface area contributed by atoms with E-state index in [0.29, 0.717) is 11.7 Å². The summed E-state index contributed by atoms with van der Waals surface area (Å²) in [5.74, 6) is 0.641. The number of ketones is 1. The lowest BCUT2D eigenvalue weighted by molar-refractivity contribution is -0.120. The topological polar surface area (TPSA) is 20.3 Å². The van der Waals surface area contributed by atoms with Crippen molar-refractivity contribution in [3.05, 3.63) is 0 Å². The van der Waals surface area contributed by atoms with Crippen LogP contribution >= 0.6 is 9.39 Å². The van der Waals surface area contributed by atoms with Crippen LogP contribution in [0.25, 0.3) is 0 Å². The molecular formula is C6H12NOP. The SMILES string of the molecule is CC(=O)C1CCN(P)C1. The van der Waals surface area contributed by atoms with Crippen LogP contribution in [0.4, 0.5) is 0 Å². The Morgan fingerprint density at radius 3 is 2.67 bits per heavy atom. The van der Waals surface area contributed by atoms with Crippen LogP contribution in [0, 0.1) is 5.92 Å². The van der Waals surface area contributed by atoms with Crippen molar-refractivity contribution in [3.8, 4) is 0 Å². The van der Waals surface area contributed by atoms with E-state index in [4.69, 9.17) is 0 Å². The van der Waals surface area contributed by atoms with Crippen molar-refractivity contribution in [1.29, 1.82) is 0 Å². The third-order valence-electron chi connectivity index (χ3n) is 1.79. The first-order chi connectivity index (χ1) is 4.20.